The van der Waals surface area contributed by atoms with Gasteiger partial charge in [-0.25, -0.2) is 4.39 Å². The molecule has 5 heteroatoms. The van der Waals surface area contributed by atoms with E-state index in [9.17, 15) is 9.18 Å². The van der Waals surface area contributed by atoms with E-state index >= 15 is 0 Å². The SMILES string of the molecule is CC(c1ccccc1F)N1CCN(C(=O)c2ccco2)CC1. The zero-order chi connectivity index (χ0) is 15.5. The summed E-state index contributed by atoms with van der Waals surface area (Å²) in [7, 11) is 0. The van der Waals surface area contributed by atoms with E-state index in [0.717, 1.165) is 13.1 Å². The van der Waals surface area contributed by atoms with E-state index in [0.29, 0.717) is 24.4 Å². The first-order chi connectivity index (χ1) is 10.7. The smallest absolute Gasteiger partial charge is 0.289 e. The second-order valence-electron chi connectivity index (χ2n) is 5.50. The summed E-state index contributed by atoms with van der Waals surface area (Å²) in [5, 5.41) is 0. The molecular formula is C17H19FN2O2. The minimum absolute atomic E-state index is 0.00191. The summed E-state index contributed by atoms with van der Waals surface area (Å²) in [6.45, 7) is 4.70. The molecule has 1 unspecified atom stereocenters. The molecule has 0 radical (unpaired) electrons. The second kappa shape index (κ2) is 6.32. The van der Waals surface area contributed by atoms with Crippen LogP contribution in [0.5, 0.6) is 0 Å². The van der Waals surface area contributed by atoms with Crippen molar-refractivity contribution in [3.8, 4) is 0 Å². The van der Waals surface area contributed by atoms with Crippen molar-refractivity contribution < 1.29 is 13.6 Å². The summed E-state index contributed by atoms with van der Waals surface area (Å²) in [4.78, 5) is 16.2. The maximum absolute atomic E-state index is 13.9. The molecule has 2 aromatic rings. The number of carbonyl (C=O) groups is 1. The highest BCUT2D eigenvalue weighted by Gasteiger charge is 2.27. The number of nitrogens with zero attached hydrogens (tertiary/aromatic N) is 2. The van der Waals surface area contributed by atoms with Crippen LogP contribution in [0.15, 0.2) is 47.1 Å². The lowest BCUT2D eigenvalue weighted by Crippen LogP contribution is -2.49. The van der Waals surface area contributed by atoms with Crippen molar-refractivity contribution in [2.75, 3.05) is 26.2 Å². The third-order valence-corrected chi connectivity index (χ3v) is 4.24. The van der Waals surface area contributed by atoms with E-state index in [1.54, 1.807) is 23.1 Å². The van der Waals surface area contributed by atoms with Crippen molar-refractivity contribution in [3.05, 3.63) is 59.8 Å². The van der Waals surface area contributed by atoms with E-state index in [1.165, 1.54) is 12.3 Å². The number of furan rings is 1. The van der Waals surface area contributed by atoms with E-state index < -0.39 is 0 Å². The van der Waals surface area contributed by atoms with Crippen molar-refractivity contribution in [2.24, 2.45) is 0 Å². The zero-order valence-corrected chi connectivity index (χ0v) is 12.5. The lowest BCUT2D eigenvalue weighted by Gasteiger charge is -2.38. The van der Waals surface area contributed by atoms with Crippen LogP contribution in [-0.4, -0.2) is 41.9 Å². The van der Waals surface area contributed by atoms with Crippen molar-refractivity contribution >= 4 is 5.91 Å². The molecule has 22 heavy (non-hydrogen) atoms. The van der Waals surface area contributed by atoms with Crippen molar-refractivity contribution in [2.45, 2.75) is 13.0 Å². The largest absolute Gasteiger partial charge is 0.459 e. The van der Waals surface area contributed by atoms with Gasteiger partial charge in [0.1, 0.15) is 5.82 Å². The minimum atomic E-state index is -0.177. The Morgan fingerprint density at radius 1 is 1.14 bits per heavy atom. The zero-order valence-electron chi connectivity index (χ0n) is 12.5. The number of hydrogen-bond acceptors (Lipinski definition) is 3. The number of halogens is 1. The average Bonchev–Trinajstić information content (AvgIpc) is 3.09. The summed E-state index contributed by atoms with van der Waals surface area (Å²) in [6, 6.07) is 10.3. The maximum Gasteiger partial charge on any atom is 0.289 e. The number of hydrogen-bond donors (Lipinski definition) is 0. The summed E-state index contributed by atoms with van der Waals surface area (Å²) in [5.74, 6) is 0.114. The predicted molar refractivity (Wildman–Crippen MR) is 81.0 cm³/mol. The predicted octanol–water partition coefficient (Wildman–Crippen LogP) is 2.94. The molecular weight excluding hydrogens is 283 g/mol. The Kier molecular flexibility index (Phi) is 4.24. The molecule has 0 saturated carbocycles. The molecule has 116 valence electrons. The first-order valence-electron chi connectivity index (χ1n) is 7.48. The Hall–Kier alpha value is -2.14. The topological polar surface area (TPSA) is 36.7 Å². The third kappa shape index (κ3) is 2.90. The summed E-state index contributed by atoms with van der Waals surface area (Å²) in [5.41, 5.74) is 0.702. The Morgan fingerprint density at radius 2 is 1.86 bits per heavy atom. The van der Waals surface area contributed by atoms with Gasteiger partial charge in [0.25, 0.3) is 5.91 Å². The quantitative estimate of drug-likeness (QED) is 0.874. The highest BCUT2D eigenvalue weighted by Crippen LogP contribution is 2.24. The molecule has 3 rings (SSSR count). The fourth-order valence-corrected chi connectivity index (χ4v) is 2.88. The molecule has 0 bridgehead atoms. The Labute approximate surface area is 129 Å². The third-order valence-electron chi connectivity index (χ3n) is 4.24. The Bertz CT molecular complexity index is 634. The van der Waals surface area contributed by atoms with Crippen LogP contribution in [0.2, 0.25) is 0 Å². The van der Waals surface area contributed by atoms with Gasteiger partial charge in [0.05, 0.1) is 6.26 Å². The number of benzene rings is 1. The van der Waals surface area contributed by atoms with Gasteiger partial charge in [-0.05, 0) is 25.1 Å². The molecule has 1 fully saturated rings. The first kappa shape index (κ1) is 14.8. The lowest BCUT2D eigenvalue weighted by atomic mass is 10.1. The highest BCUT2D eigenvalue weighted by atomic mass is 19.1. The Balaban J connectivity index is 1.62. The van der Waals surface area contributed by atoms with Gasteiger partial charge in [0.2, 0.25) is 0 Å². The molecule has 4 nitrogen and oxygen atoms in total. The highest BCUT2D eigenvalue weighted by molar-refractivity contribution is 5.91. The van der Waals surface area contributed by atoms with Crippen molar-refractivity contribution in [1.29, 1.82) is 0 Å². The molecule has 1 aromatic heterocycles. The number of rotatable bonds is 3. The van der Waals surface area contributed by atoms with E-state index in [4.69, 9.17) is 4.42 Å². The van der Waals surface area contributed by atoms with Crippen LogP contribution in [0.1, 0.15) is 29.1 Å². The van der Waals surface area contributed by atoms with Crippen LogP contribution < -0.4 is 0 Å². The van der Waals surface area contributed by atoms with Gasteiger partial charge >= 0.3 is 0 Å². The molecule has 1 aliphatic rings. The van der Waals surface area contributed by atoms with Gasteiger partial charge < -0.3 is 9.32 Å². The van der Waals surface area contributed by atoms with Crippen LogP contribution in [0.25, 0.3) is 0 Å². The van der Waals surface area contributed by atoms with Gasteiger partial charge in [-0.1, -0.05) is 18.2 Å². The minimum Gasteiger partial charge on any atom is -0.459 e. The molecule has 1 saturated heterocycles. The van der Waals surface area contributed by atoms with E-state index in [2.05, 4.69) is 4.90 Å². The lowest BCUT2D eigenvalue weighted by molar-refractivity contribution is 0.0550. The maximum atomic E-state index is 13.9. The van der Waals surface area contributed by atoms with Crippen LogP contribution in [0, 0.1) is 5.82 Å². The molecule has 2 heterocycles. The molecule has 0 N–H and O–H groups in total. The van der Waals surface area contributed by atoms with Gasteiger partial charge in [-0.15, -0.1) is 0 Å². The van der Waals surface area contributed by atoms with Crippen molar-refractivity contribution in [3.63, 3.8) is 0 Å². The number of carbonyl (C=O) groups excluding carboxylic acids is 1. The fourth-order valence-electron chi connectivity index (χ4n) is 2.88. The molecule has 1 aromatic carbocycles. The standard InChI is InChI=1S/C17H19FN2O2/c1-13(14-5-2-3-6-15(14)18)19-8-10-20(11-9-19)17(21)16-7-4-12-22-16/h2-7,12-13H,8-11H2,1H3. The average molecular weight is 302 g/mol. The number of amides is 1. The van der Waals surface area contributed by atoms with Crippen LogP contribution in [-0.2, 0) is 0 Å². The van der Waals surface area contributed by atoms with Gasteiger partial charge in [-0.2, -0.15) is 0 Å². The van der Waals surface area contributed by atoms with E-state index in [1.807, 2.05) is 19.1 Å². The number of piperazine rings is 1. The normalized spacial score (nSPS) is 17.5. The van der Waals surface area contributed by atoms with Gasteiger partial charge in [-0.3, -0.25) is 9.69 Å². The summed E-state index contributed by atoms with van der Waals surface area (Å²) < 4.78 is 19.0. The summed E-state index contributed by atoms with van der Waals surface area (Å²) in [6.07, 6.45) is 1.50. The summed E-state index contributed by atoms with van der Waals surface area (Å²) >= 11 is 0. The van der Waals surface area contributed by atoms with Crippen LogP contribution in [0.4, 0.5) is 4.39 Å². The van der Waals surface area contributed by atoms with E-state index in [-0.39, 0.29) is 17.8 Å². The molecule has 1 atom stereocenters. The first-order valence-corrected chi connectivity index (χ1v) is 7.48. The van der Waals surface area contributed by atoms with Crippen LogP contribution >= 0.6 is 0 Å². The second-order valence-corrected chi connectivity index (χ2v) is 5.50. The monoisotopic (exact) mass is 302 g/mol. The molecule has 0 spiro atoms. The van der Waals surface area contributed by atoms with Crippen molar-refractivity contribution in [1.82, 2.24) is 9.80 Å². The molecule has 0 aliphatic carbocycles. The molecule has 1 aliphatic heterocycles. The molecule has 1 amide bonds. The fraction of sp³-hybridized carbons (Fsp3) is 0.353. The van der Waals surface area contributed by atoms with Gasteiger partial charge in [0.15, 0.2) is 5.76 Å². The van der Waals surface area contributed by atoms with Gasteiger partial charge in [0, 0.05) is 37.8 Å². The van der Waals surface area contributed by atoms with Crippen LogP contribution in [0.3, 0.4) is 0 Å². The Morgan fingerprint density at radius 3 is 2.50 bits per heavy atom.